The Morgan fingerprint density at radius 2 is 1.83 bits per heavy atom. The summed E-state index contributed by atoms with van der Waals surface area (Å²) in [5.74, 6) is 0.235. The zero-order chi connectivity index (χ0) is 20.8. The molecule has 0 radical (unpaired) electrons. The van der Waals surface area contributed by atoms with Crippen molar-refractivity contribution in [2.75, 3.05) is 13.1 Å². The van der Waals surface area contributed by atoms with Gasteiger partial charge in [0.2, 0.25) is 5.91 Å². The van der Waals surface area contributed by atoms with E-state index in [1.54, 1.807) is 13.8 Å². The number of amides is 1. The van der Waals surface area contributed by atoms with Crippen LogP contribution < -0.4 is 0 Å². The number of aromatic nitrogens is 4. The van der Waals surface area contributed by atoms with Crippen molar-refractivity contribution >= 4 is 11.7 Å². The lowest BCUT2D eigenvalue weighted by Gasteiger charge is -2.41. The molecule has 1 saturated heterocycles. The summed E-state index contributed by atoms with van der Waals surface area (Å²) in [7, 11) is 0. The molecule has 4 rings (SSSR count). The van der Waals surface area contributed by atoms with Gasteiger partial charge in [0.15, 0.2) is 0 Å². The van der Waals surface area contributed by atoms with Crippen molar-refractivity contribution < 1.29 is 18.0 Å². The Labute approximate surface area is 167 Å². The molecule has 9 heteroatoms. The van der Waals surface area contributed by atoms with Gasteiger partial charge in [-0.25, -0.2) is 9.50 Å². The number of halogens is 3. The van der Waals surface area contributed by atoms with Crippen LogP contribution in [0.5, 0.6) is 0 Å². The predicted octanol–water partition coefficient (Wildman–Crippen LogP) is 3.73. The molecule has 0 aromatic carbocycles. The van der Waals surface area contributed by atoms with Crippen LogP contribution >= 0.6 is 0 Å². The molecule has 1 aliphatic heterocycles. The van der Waals surface area contributed by atoms with Crippen molar-refractivity contribution in [3.8, 4) is 0 Å². The van der Waals surface area contributed by atoms with E-state index in [4.69, 9.17) is 0 Å². The molecular formula is C20H26F3N5O. The first-order chi connectivity index (χ1) is 13.7. The second kappa shape index (κ2) is 7.57. The third kappa shape index (κ3) is 3.96. The summed E-state index contributed by atoms with van der Waals surface area (Å²) in [5, 5.41) is 3.57. The molecule has 2 aromatic heterocycles. The first kappa shape index (κ1) is 20.1. The number of likely N-dealkylation sites (tertiary alicyclic amines) is 1. The highest BCUT2D eigenvalue weighted by Crippen LogP contribution is 2.36. The van der Waals surface area contributed by atoms with Crippen LogP contribution in [0, 0.1) is 25.7 Å². The SMILES string of the molecule is Cc1nc2nc(C(F)(F)F)nn2c(C)c1CCC(=O)N1CC[C@H]2CCCC[C@@H]2C1. The van der Waals surface area contributed by atoms with Crippen LogP contribution in [0.4, 0.5) is 13.2 Å². The largest absolute Gasteiger partial charge is 0.453 e. The van der Waals surface area contributed by atoms with Crippen molar-refractivity contribution in [1.82, 2.24) is 24.5 Å². The molecule has 0 spiro atoms. The Hall–Kier alpha value is -2.19. The Balaban J connectivity index is 1.47. The van der Waals surface area contributed by atoms with Crippen molar-refractivity contribution in [1.29, 1.82) is 0 Å². The quantitative estimate of drug-likeness (QED) is 0.775. The first-order valence-electron chi connectivity index (χ1n) is 10.3. The minimum absolute atomic E-state index is 0.0678. The van der Waals surface area contributed by atoms with Gasteiger partial charge < -0.3 is 4.90 Å². The zero-order valence-corrected chi connectivity index (χ0v) is 16.8. The molecule has 2 atom stereocenters. The van der Waals surface area contributed by atoms with E-state index >= 15 is 0 Å². The van der Waals surface area contributed by atoms with Crippen LogP contribution in [0.3, 0.4) is 0 Å². The Bertz CT molecular complexity index is 923. The summed E-state index contributed by atoms with van der Waals surface area (Å²) in [4.78, 5) is 22.4. The van der Waals surface area contributed by atoms with E-state index in [-0.39, 0.29) is 11.7 Å². The Kier molecular flexibility index (Phi) is 5.25. The molecule has 0 N–H and O–H groups in total. The fraction of sp³-hybridized carbons (Fsp3) is 0.700. The Morgan fingerprint density at radius 3 is 2.55 bits per heavy atom. The van der Waals surface area contributed by atoms with Gasteiger partial charge >= 0.3 is 6.18 Å². The fourth-order valence-corrected chi connectivity index (χ4v) is 4.91. The second-order valence-electron chi connectivity index (χ2n) is 8.34. The third-order valence-corrected chi connectivity index (χ3v) is 6.54. The Morgan fingerprint density at radius 1 is 1.10 bits per heavy atom. The highest BCUT2D eigenvalue weighted by molar-refractivity contribution is 5.76. The summed E-state index contributed by atoms with van der Waals surface area (Å²) in [6.45, 7) is 5.09. The molecular weight excluding hydrogens is 383 g/mol. The van der Waals surface area contributed by atoms with Gasteiger partial charge in [-0.05, 0) is 50.5 Å². The predicted molar refractivity (Wildman–Crippen MR) is 100 cm³/mol. The van der Waals surface area contributed by atoms with Crippen molar-refractivity contribution in [2.24, 2.45) is 11.8 Å². The van der Waals surface area contributed by atoms with Gasteiger partial charge in [0, 0.05) is 30.9 Å². The van der Waals surface area contributed by atoms with Crippen LogP contribution in [0.25, 0.3) is 5.78 Å². The summed E-state index contributed by atoms with van der Waals surface area (Å²) in [5.41, 5.74) is 1.90. The van der Waals surface area contributed by atoms with E-state index in [9.17, 15) is 18.0 Å². The van der Waals surface area contributed by atoms with E-state index in [0.29, 0.717) is 30.1 Å². The number of alkyl halides is 3. The van der Waals surface area contributed by atoms with E-state index in [1.165, 1.54) is 25.7 Å². The monoisotopic (exact) mass is 409 g/mol. The molecule has 1 amide bonds. The molecule has 0 unspecified atom stereocenters. The van der Waals surface area contributed by atoms with Crippen LogP contribution in [-0.4, -0.2) is 43.5 Å². The van der Waals surface area contributed by atoms with E-state index < -0.39 is 12.0 Å². The second-order valence-corrected chi connectivity index (χ2v) is 8.34. The minimum Gasteiger partial charge on any atom is -0.342 e. The number of rotatable bonds is 3. The van der Waals surface area contributed by atoms with Gasteiger partial charge in [-0.1, -0.05) is 19.3 Å². The van der Waals surface area contributed by atoms with E-state index in [0.717, 1.165) is 35.5 Å². The molecule has 0 bridgehead atoms. The molecule has 2 fully saturated rings. The molecule has 29 heavy (non-hydrogen) atoms. The van der Waals surface area contributed by atoms with Gasteiger partial charge in [0.1, 0.15) is 0 Å². The summed E-state index contributed by atoms with van der Waals surface area (Å²) >= 11 is 0. The maximum atomic E-state index is 12.9. The molecule has 158 valence electrons. The maximum absolute atomic E-state index is 12.9. The van der Waals surface area contributed by atoms with E-state index in [1.807, 2.05) is 4.90 Å². The number of nitrogens with zero attached hydrogens (tertiary/aromatic N) is 5. The summed E-state index contributed by atoms with van der Waals surface area (Å²) in [6, 6.07) is 0. The first-order valence-corrected chi connectivity index (χ1v) is 10.3. The number of carbonyl (C=O) groups excluding carboxylic acids is 1. The molecule has 6 nitrogen and oxygen atoms in total. The average Bonchev–Trinajstić information content (AvgIpc) is 3.12. The zero-order valence-electron chi connectivity index (χ0n) is 16.8. The topological polar surface area (TPSA) is 63.4 Å². The van der Waals surface area contributed by atoms with Gasteiger partial charge in [-0.2, -0.15) is 18.2 Å². The van der Waals surface area contributed by atoms with Gasteiger partial charge in [-0.15, -0.1) is 5.10 Å². The van der Waals surface area contributed by atoms with Crippen LogP contribution in [0.2, 0.25) is 0 Å². The lowest BCUT2D eigenvalue weighted by Crippen LogP contribution is -2.44. The highest BCUT2D eigenvalue weighted by Gasteiger charge is 2.37. The number of carbonyl (C=O) groups is 1. The fourth-order valence-electron chi connectivity index (χ4n) is 4.91. The maximum Gasteiger partial charge on any atom is 0.453 e. The number of piperidine rings is 1. The van der Waals surface area contributed by atoms with E-state index in [2.05, 4.69) is 15.1 Å². The number of hydrogen-bond acceptors (Lipinski definition) is 4. The lowest BCUT2D eigenvalue weighted by atomic mass is 9.75. The molecule has 2 aromatic rings. The molecule has 1 saturated carbocycles. The smallest absolute Gasteiger partial charge is 0.342 e. The molecule has 3 heterocycles. The number of hydrogen-bond donors (Lipinski definition) is 0. The standard InChI is InChI=1S/C20H26F3N5O/c1-12-16(13(2)28-19(24-12)25-18(26-28)20(21,22)23)7-8-17(29)27-10-9-14-5-3-4-6-15(14)11-27/h14-15H,3-11H2,1-2H3/t14-,15-/m1/s1. The highest BCUT2D eigenvalue weighted by atomic mass is 19.4. The van der Waals surface area contributed by atoms with Gasteiger partial charge in [0.25, 0.3) is 11.6 Å². The van der Waals surface area contributed by atoms with Crippen LogP contribution in [-0.2, 0) is 17.4 Å². The number of aryl methyl sites for hydroxylation is 2. The van der Waals surface area contributed by atoms with Gasteiger partial charge in [-0.3, -0.25) is 4.79 Å². The minimum atomic E-state index is -4.62. The average molecular weight is 409 g/mol. The molecule has 1 aliphatic carbocycles. The summed E-state index contributed by atoms with van der Waals surface area (Å²) < 4.78 is 39.9. The third-order valence-electron chi connectivity index (χ3n) is 6.54. The number of fused-ring (bicyclic) bond motifs is 2. The van der Waals surface area contributed by atoms with Crippen LogP contribution in [0.15, 0.2) is 0 Å². The molecule has 2 aliphatic rings. The lowest BCUT2D eigenvalue weighted by molar-refractivity contribution is -0.144. The van der Waals surface area contributed by atoms with Crippen LogP contribution in [0.1, 0.15) is 61.3 Å². The normalized spacial score (nSPS) is 22.7. The van der Waals surface area contributed by atoms with Crippen molar-refractivity contribution in [3.05, 3.63) is 22.8 Å². The van der Waals surface area contributed by atoms with Crippen molar-refractivity contribution in [2.45, 2.75) is 65.0 Å². The van der Waals surface area contributed by atoms with Crippen molar-refractivity contribution in [3.63, 3.8) is 0 Å². The van der Waals surface area contributed by atoms with Gasteiger partial charge in [0.05, 0.1) is 0 Å². The summed E-state index contributed by atoms with van der Waals surface area (Å²) in [6.07, 6.45) is 2.29.